The molecule has 0 aromatic rings. The Balaban J connectivity index is -0.0000000150. The van der Waals surface area contributed by atoms with Crippen LogP contribution in [0.3, 0.4) is 0 Å². The summed E-state index contributed by atoms with van der Waals surface area (Å²) in [5, 5.41) is 0. The van der Waals surface area contributed by atoms with Gasteiger partial charge in [-0.25, -0.2) is 30.1 Å². The molecule has 0 rings (SSSR count). The highest BCUT2D eigenvalue weighted by molar-refractivity contribution is 8.93. The van der Waals surface area contributed by atoms with E-state index in [1.54, 1.807) is 0 Å². The molecule has 0 spiro atoms. The summed E-state index contributed by atoms with van der Waals surface area (Å²) in [5.74, 6) is 0. The average Bonchev–Trinajstić information content (AvgIpc) is 0.811. The summed E-state index contributed by atoms with van der Waals surface area (Å²) in [4.78, 5) is 0. The van der Waals surface area contributed by atoms with Crippen molar-refractivity contribution in [2.75, 3.05) is 0 Å². The summed E-state index contributed by atoms with van der Waals surface area (Å²) >= 11 is -1.72. The van der Waals surface area contributed by atoms with Gasteiger partial charge in [0, 0.05) is 0 Å². The average molecular weight is 376 g/mol. The minimum atomic E-state index is -1.72. The highest BCUT2D eigenvalue weighted by atomic mass is 79.9. The van der Waals surface area contributed by atoms with E-state index in [4.69, 9.17) is 30.1 Å². The highest BCUT2D eigenvalue weighted by Gasteiger charge is 2.00. The van der Waals surface area contributed by atoms with Crippen molar-refractivity contribution in [2.24, 2.45) is 0 Å². The molecule has 0 saturated carbocycles. The van der Waals surface area contributed by atoms with Gasteiger partial charge in [-0.05, 0) is 0 Å². The first-order chi connectivity index (χ1) is 1.73. The molecule has 0 aliphatic rings. The SMILES string of the molecule is Br.Br.Br.[Cl][Al]([Cl])[Cl]. The van der Waals surface area contributed by atoms with Gasteiger partial charge in [-0.1, -0.05) is 0 Å². The van der Waals surface area contributed by atoms with Crippen LogP contribution in [0.5, 0.6) is 0 Å². The Hall–Kier alpha value is 2.84. The van der Waals surface area contributed by atoms with Crippen molar-refractivity contribution in [2.45, 2.75) is 0 Å². The van der Waals surface area contributed by atoms with Gasteiger partial charge in [0.15, 0.2) is 0 Å². The fraction of sp³-hybridized carbons (Fsp3) is 0. The molecule has 0 aromatic carbocycles. The summed E-state index contributed by atoms with van der Waals surface area (Å²) in [6.07, 6.45) is 0. The normalized spacial score (nSPS) is 3.86. The van der Waals surface area contributed by atoms with Gasteiger partial charge >= 0.3 is 11.4 Å². The lowest BCUT2D eigenvalue weighted by Gasteiger charge is -1.57. The molecular formula is H3AlBr3Cl3. The summed E-state index contributed by atoms with van der Waals surface area (Å²) in [7, 11) is 14.8. The molecule has 0 atom stereocenters. The molecule has 7 heteroatoms. The van der Waals surface area contributed by atoms with Gasteiger partial charge in [0.1, 0.15) is 0 Å². The fourth-order valence-electron chi connectivity index (χ4n) is 0. The minimum Gasteiger partial charge on any atom is -0.214 e. The van der Waals surface area contributed by atoms with E-state index in [9.17, 15) is 0 Å². The van der Waals surface area contributed by atoms with E-state index in [-0.39, 0.29) is 50.9 Å². The van der Waals surface area contributed by atoms with Gasteiger partial charge in [0.25, 0.3) is 0 Å². The van der Waals surface area contributed by atoms with E-state index in [2.05, 4.69) is 0 Å². The number of hydrogen-bond acceptors (Lipinski definition) is 0. The number of rotatable bonds is 0. The van der Waals surface area contributed by atoms with E-state index in [0.717, 1.165) is 0 Å². The minimum absolute atomic E-state index is 0. The van der Waals surface area contributed by atoms with E-state index >= 15 is 0 Å². The van der Waals surface area contributed by atoms with Crippen LogP contribution in [0.1, 0.15) is 0 Å². The molecule has 0 N–H and O–H groups in total. The maximum absolute atomic E-state index is 4.94. The molecule has 48 valence electrons. The van der Waals surface area contributed by atoms with Crippen molar-refractivity contribution in [3.05, 3.63) is 0 Å². The largest absolute Gasteiger partial charge is 0.643 e. The summed E-state index contributed by atoms with van der Waals surface area (Å²) < 4.78 is 0. The van der Waals surface area contributed by atoms with E-state index < -0.39 is 11.4 Å². The van der Waals surface area contributed by atoms with Gasteiger partial charge in [-0.3, -0.25) is 0 Å². The van der Waals surface area contributed by atoms with Crippen molar-refractivity contribution in [1.82, 2.24) is 0 Å². The second-order valence-corrected chi connectivity index (χ2v) is 6.68. The highest BCUT2D eigenvalue weighted by Crippen LogP contribution is 1.97. The summed E-state index contributed by atoms with van der Waals surface area (Å²) in [5.41, 5.74) is 0. The Morgan fingerprint density at radius 3 is 0.714 bits per heavy atom. The Kier molecular flexibility index (Phi) is 51.3. The van der Waals surface area contributed by atoms with Crippen molar-refractivity contribution in [1.29, 1.82) is 0 Å². The first kappa shape index (κ1) is 22.5. The van der Waals surface area contributed by atoms with Crippen LogP contribution < -0.4 is 0 Å². The van der Waals surface area contributed by atoms with Crippen LogP contribution in [0, 0.1) is 0 Å². The van der Waals surface area contributed by atoms with Gasteiger partial charge in [0.05, 0.1) is 0 Å². The van der Waals surface area contributed by atoms with Gasteiger partial charge in [0.2, 0.25) is 0 Å². The number of hydrogen-bond donors (Lipinski definition) is 0. The van der Waals surface area contributed by atoms with Crippen LogP contribution in [0.25, 0.3) is 0 Å². The fourth-order valence-corrected chi connectivity index (χ4v) is 0. The molecule has 0 fully saturated rings. The zero-order chi connectivity index (χ0) is 3.58. The molecule has 0 saturated heterocycles. The van der Waals surface area contributed by atoms with Crippen molar-refractivity contribution in [3.8, 4) is 0 Å². The zero-order valence-corrected chi connectivity index (χ0v) is 11.5. The van der Waals surface area contributed by atoms with Crippen molar-refractivity contribution < 1.29 is 0 Å². The van der Waals surface area contributed by atoms with Crippen LogP contribution in [0.2, 0.25) is 0 Å². The van der Waals surface area contributed by atoms with Crippen LogP contribution in [-0.2, 0) is 0 Å². The summed E-state index contributed by atoms with van der Waals surface area (Å²) in [6, 6.07) is 0. The standard InChI is InChI=1S/Al.3BrH.3ClH/h;6*1H/q+3;;;;;;/p-3. The van der Waals surface area contributed by atoms with Crippen molar-refractivity contribution >= 4 is 92.5 Å². The third-order valence-corrected chi connectivity index (χ3v) is 0. The molecule has 0 amide bonds. The van der Waals surface area contributed by atoms with Crippen LogP contribution >= 0.6 is 81.1 Å². The topological polar surface area (TPSA) is 0 Å². The van der Waals surface area contributed by atoms with E-state index in [0.29, 0.717) is 0 Å². The van der Waals surface area contributed by atoms with Gasteiger partial charge < -0.3 is 0 Å². The molecule has 0 aliphatic heterocycles. The van der Waals surface area contributed by atoms with Crippen LogP contribution in [-0.4, -0.2) is 11.4 Å². The van der Waals surface area contributed by atoms with E-state index in [1.165, 1.54) is 0 Å². The second-order valence-electron chi connectivity index (χ2n) is 0.247. The van der Waals surface area contributed by atoms with Crippen LogP contribution in [0.4, 0.5) is 0 Å². The Morgan fingerprint density at radius 2 is 0.714 bits per heavy atom. The quantitative estimate of drug-likeness (QED) is 0.569. The Morgan fingerprint density at radius 1 is 0.714 bits per heavy atom. The maximum atomic E-state index is 4.94. The number of halogens is 6. The monoisotopic (exact) mass is 372 g/mol. The molecule has 0 unspecified atom stereocenters. The van der Waals surface area contributed by atoms with Gasteiger partial charge in [-0.15, -0.1) is 50.9 Å². The predicted molar refractivity (Wildman–Crippen MR) is 54.3 cm³/mol. The van der Waals surface area contributed by atoms with Gasteiger partial charge in [-0.2, -0.15) is 0 Å². The van der Waals surface area contributed by atoms with Crippen LogP contribution in [0.15, 0.2) is 0 Å². The second kappa shape index (κ2) is 15.9. The third-order valence-electron chi connectivity index (χ3n) is 0. The van der Waals surface area contributed by atoms with Crippen molar-refractivity contribution in [3.63, 3.8) is 0 Å². The first-order valence-corrected chi connectivity index (χ1v) is 5.89. The molecule has 0 radical (unpaired) electrons. The predicted octanol–water partition coefficient (Wildman–Crippen LogP) is 3.42. The first-order valence-electron chi connectivity index (χ1n) is 0.655. The molecule has 0 aliphatic carbocycles. The molecule has 7 heavy (non-hydrogen) atoms. The lowest BCUT2D eigenvalue weighted by atomic mass is 26.6. The smallest absolute Gasteiger partial charge is 0.214 e. The molecular weight excluding hydrogens is 373 g/mol. The summed E-state index contributed by atoms with van der Waals surface area (Å²) in [6.45, 7) is 0. The molecule has 0 nitrogen and oxygen atoms in total. The maximum Gasteiger partial charge on any atom is 0.643 e. The molecule has 0 heterocycles. The lowest BCUT2D eigenvalue weighted by molar-refractivity contribution is 4.07. The Labute approximate surface area is 91.2 Å². The zero-order valence-electron chi connectivity index (χ0n) is 2.94. The Bertz CT molecular complexity index is 14.9. The molecule has 0 bridgehead atoms. The lowest BCUT2D eigenvalue weighted by Crippen LogP contribution is -1.66. The van der Waals surface area contributed by atoms with E-state index in [1.807, 2.05) is 0 Å². The molecule has 0 aromatic heterocycles. The third kappa shape index (κ3) is 51.2.